The Bertz CT molecular complexity index is 415. The Morgan fingerprint density at radius 1 is 1.71 bits per heavy atom. The van der Waals surface area contributed by atoms with E-state index in [-0.39, 0.29) is 5.75 Å². The Morgan fingerprint density at radius 2 is 2.36 bits per heavy atom. The van der Waals surface area contributed by atoms with Gasteiger partial charge in [-0.05, 0) is 0 Å². The van der Waals surface area contributed by atoms with Crippen molar-refractivity contribution in [1.29, 1.82) is 0 Å². The maximum absolute atomic E-state index is 11.2. The molecular weight excluding hydrogens is 256 g/mol. The van der Waals surface area contributed by atoms with Crippen LogP contribution >= 0.6 is 15.9 Å². The minimum absolute atomic E-state index is 0.0341. The van der Waals surface area contributed by atoms with Gasteiger partial charge in [0.25, 0.3) is 0 Å². The molecule has 1 rings (SSSR count). The highest BCUT2D eigenvalue weighted by atomic mass is 79.9. The number of methoxy groups -OCH3 is 1. The maximum atomic E-state index is 11.2. The van der Waals surface area contributed by atoms with Gasteiger partial charge < -0.3 is 9.72 Å². The molecule has 7 heteroatoms. The number of ether oxygens (including phenoxy) is 1. The molecule has 1 heterocycles. The van der Waals surface area contributed by atoms with Gasteiger partial charge >= 0.3 is 11.2 Å². The molecule has 0 atom stereocenters. The molecule has 1 aromatic heterocycles. The van der Waals surface area contributed by atoms with Gasteiger partial charge in [-0.2, -0.15) is 0 Å². The summed E-state index contributed by atoms with van der Waals surface area (Å²) in [6.07, 6.45) is 0. The van der Waals surface area contributed by atoms with Gasteiger partial charge in [-0.25, -0.2) is 0 Å². The Morgan fingerprint density at radius 3 is 2.79 bits per heavy atom. The van der Waals surface area contributed by atoms with Gasteiger partial charge in [0, 0.05) is 17.1 Å². The lowest BCUT2D eigenvalue weighted by atomic mass is 10.3. The normalized spacial score (nSPS) is 9.86. The van der Waals surface area contributed by atoms with E-state index in [0.717, 1.165) is 0 Å². The van der Waals surface area contributed by atoms with Gasteiger partial charge in [0.1, 0.15) is 0 Å². The van der Waals surface area contributed by atoms with E-state index in [1.54, 1.807) is 0 Å². The minimum atomic E-state index is -0.768. The van der Waals surface area contributed by atoms with Gasteiger partial charge in [0.05, 0.1) is 12.0 Å². The Balaban J connectivity index is 3.43. The van der Waals surface area contributed by atoms with Crippen LogP contribution in [0.2, 0.25) is 0 Å². The van der Waals surface area contributed by atoms with Crippen LogP contribution in [-0.2, 0) is 5.33 Å². The summed E-state index contributed by atoms with van der Waals surface area (Å²) >= 11 is 3.12. The fourth-order valence-corrected chi connectivity index (χ4v) is 1.28. The molecular formula is C7H7BrN2O4. The number of halogens is 1. The van der Waals surface area contributed by atoms with Crippen molar-refractivity contribution in [1.82, 2.24) is 4.98 Å². The van der Waals surface area contributed by atoms with Crippen LogP contribution in [0, 0.1) is 10.1 Å². The maximum Gasteiger partial charge on any atom is 0.375 e. The van der Waals surface area contributed by atoms with Crippen LogP contribution in [0.1, 0.15) is 5.69 Å². The molecule has 0 amide bonds. The largest absolute Gasteiger partial charge is 0.490 e. The van der Waals surface area contributed by atoms with Crippen LogP contribution < -0.4 is 10.3 Å². The highest BCUT2D eigenvalue weighted by Crippen LogP contribution is 2.22. The van der Waals surface area contributed by atoms with Crippen LogP contribution in [-0.4, -0.2) is 17.0 Å². The van der Waals surface area contributed by atoms with E-state index in [4.69, 9.17) is 4.74 Å². The lowest BCUT2D eigenvalue weighted by Crippen LogP contribution is -2.14. The zero-order valence-electron chi connectivity index (χ0n) is 7.24. The number of nitro groups is 1. The molecule has 0 aliphatic rings. The Kier molecular flexibility index (Phi) is 3.23. The van der Waals surface area contributed by atoms with E-state index in [2.05, 4.69) is 20.9 Å². The standard InChI is InChI=1S/C7H7BrN2O4/c1-14-5-2-4(3-8)9-7(11)6(5)10(12)13/h2H,3H2,1H3,(H,9,11). The number of nitrogens with one attached hydrogen (secondary N) is 1. The summed E-state index contributed by atoms with van der Waals surface area (Å²) in [5, 5.41) is 10.9. The van der Waals surface area contributed by atoms with E-state index in [1.807, 2.05) is 0 Å². The Hall–Kier alpha value is -1.37. The molecule has 0 aliphatic heterocycles. The predicted molar refractivity (Wildman–Crippen MR) is 52.9 cm³/mol. The summed E-state index contributed by atoms with van der Waals surface area (Å²) in [7, 11) is 1.28. The van der Waals surface area contributed by atoms with Crippen LogP contribution in [0.5, 0.6) is 5.75 Å². The molecule has 0 unspecified atom stereocenters. The molecule has 0 radical (unpaired) electrons. The summed E-state index contributed by atoms with van der Waals surface area (Å²) in [6.45, 7) is 0. The number of pyridine rings is 1. The highest BCUT2D eigenvalue weighted by molar-refractivity contribution is 9.08. The monoisotopic (exact) mass is 262 g/mol. The number of hydrogen-bond acceptors (Lipinski definition) is 4. The van der Waals surface area contributed by atoms with Crippen molar-refractivity contribution in [2.75, 3.05) is 7.11 Å². The molecule has 1 N–H and O–H groups in total. The first-order valence-electron chi connectivity index (χ1n) is 3.60. The lowest BCUT2D eigenvalue weighted by molar-refractivity contribution is -0.387. The SMILES string of the molecule is COc1cc(CBr)[nH]c(=O)c1[N+](=O)[O-]. The van der Waals surface area contributed by atoms with Crippen molar-refractivity contribution in [3.05, 3.63) is 32.2 Å². The second-order valence-electron chi connectivity index (χ2n) is 2.43. The minimum Gasteiger partial charge on any atom is -0.490 e. The van der Waals surface area contributed by atoms with Crippen LogP contribution in [0.4, 0.5) is 5.69 Å². The smallest absolute Gasteiger partial charge is 0.375 e. The zero-order valence-corrected chi connectivity index (χ0v) is 8.83. The third-order valence-corrected chi connectivity index (χ3v) is 2.18. The van der Waals surface area contributed by atoms with Crippen LogP contribution in [0.15, 0.2) is 10.9 Å². The van der Waals surface area contributed by atoms with E-state index >= 15 is 0 Å². The number of aromatic nitrogens is 1. The summed E-state index contributed by atoms with van der Waals surface area (Å²) in [4.78, 5) is 23.3. The van der Waals surface area contributed by atoms with Crippen molar-refractivity contribution in [2.24, 2.45) is 0 Å². The second-order valence-corrected chi connectivity index (χ2v) is 2.99. The number of alkyl halides is 1. The predicted octanol–water partition coefficient (Wildman–Crippen LogP) is 1.19. The van der Waals surface area contributed by atoms with E-state index in [0.29, 0.717) is 11.0 Å². The van der Waals surface area contributed by atoms with Gasteiger partial charge in [0.15, 0.2) is 0 Å². The zero-order chi connectivity index (χ0) is 10.7. The number of aromatic amines is 1. The molecule has 76 valence electrons. The number of hydrogen-bond donors (Lipinski definition) is 1. The average Bonchev–Trinajstić information content (AvgIpc) is 2.15. The third kappa shape index (κ3) is 1.92. The molecule has 0 aliphatic carbocycles. The first kappa shape index (κ1) is 10.7. The van der Waals surface area contributed by atoms with Gasteiger partial charge in [-0.1, -0.05) is 15.9 Å². The summed E-state index contributed by atoms with van der Waals surface area (Å²) in [6, 6.07) is 1.41. The fraction of sp³-hybridized carbons (Fsp3) is 0.286. The van der Waals surface area contributed by atoms with E-state index < -0.39 is 16.2 Å². The number of rotatable bonds is 3. The lowest BCUT2D eigenvalue weighted by Gasteiger charge is -2.02. The molecule has 6 nitrogen and oxygen atoms in total. The highest BCUT2D eigenvalue weighted by Gasteiger charge is 2.20. The molecule has 0 fully saturated rings. The summed E-state index contributed by atoms with van der Waals surface area (Å²) in [5.74, 6) is -0.0341. The van der Waals surface area contributed by atoms with Gasteiger partial charge in [-0.15, -0.1) is 0 Å². The van der Waals surface area contributed by atoms with Gasteiger partial charge in [0.2, 0.25) is 5.75 Å². The van der Waals surface area contributed by atoms with Crippen molar-refractivity contribution in [2.45, 2.75) is 5.33 Å². The first-order chi connectivity index (χ1) is 6.60. The average molecular weight is 263 g/mol. The van der Waals surface area contributed by atoms with Crippen LogP contribution in [0.25, 0.3) is 0 Å². The molecule has 0 saturated heterocycles. The summed E-state index contributed by atoms with van der Waals surface area (Å²) in [5.41, 5.74) is -0.807. The van der Waals surface area contributed by atoms with Crippen molar-refractivity contribution >= 4 is 21.6 Å². The molecule has 0 bridgehead atoms. The topological polar surface area (TPSA) is 85.2 Å². The molecule has 1 aromatic rings. The van der Waals surface area contributed by atoms with Crippen molar-refractivity contribution in [3.8, 4) is 5.75 Å². The van der Waals surface area contributed by atoms with Crippen LogP contribution in [0.3, 0.4) is 0 Å². The fourth-order valence-electron chi connectivity index (χ4n) is 0.980. The quantitative estimate of drug-likeness (QED) is 0.504. The molecule has 14 heavy (non-hydrogen) atoms. The Labute approximate surface area is 87.2 Å². The first-order valence-corrected chi connectivity index (χ1v) is 4.72. The summed E-state index contributed by atoms with van der Waals surface area (Å²) < 4.78 is 4.75. The molecule has 0 aromatic carbocycles. The van der Waals surface area contributed by atoms with E-state index in [9.17, 15) is 14.9 Å². The molecule has 0 saturated carbocycles. The third-order valence-electron chi connectivity index (χ3n) is 1.57. The van der Waals surface area contributed by atoms with Gasteiger partial charge in [-0.3, -0.25) is 14.9 Å². The molecule has 0 spiro atoms. The second kappa shape index (κ2) is 4.23. The number of H-pyrrole nitrogens is 1. The number of nitrogens with zero attached hydrogens (tertiary/aromatic N) is 1. The van der Waals surface area contributed by atoms with Crippen molar-refractivity contribution < 1.29 is 9.66 Å². The van der Waals surface area contributed by atoms with E-state index in [1.165, 1.54) is 13.2 Å². The van der Waals surface area contributed by atoms with Crippen molar-refractivity contribution in [3.63, 3.8) is 0 Å².